The molecule has 186 valence electrons. The van der Waals surface area contributed by atoms with Crippen molar-refractivity contribution >= 4 is 16.9 Å². The van der Waals surface area contributed by atoms with Crippen molar-refractivity contribution in [3.8, 4) is 11.1 Å². The lowest BCUT2D eigenvalue weighted by Gasteiger charge is -2.26. The highest BCUT2D eigenvalue weighted by atomic mass is 16.5. The van der Waals surface area contributed by atoms with Gasteiger partial charge in [0.05, 0.1) is 30.8 Å². The van der Waals surface area contributed by atoms with Gasteiger partial charge in [-0.1, -0.05) is 24.3 Å². The number of aromatic amines is 1. The number of nitrogens with one attached hydrogen (secondary N) is 1. The zero-order chi connectivity index (χ0) is 25.4. The predicted molar refractivity (Wildman–Crippen MR) is 140 cm³/mol. The number of aromatic nitrogens is 3. The number of rotatable bonds is 6. The van der Waals surface area contributed by atoms with Crippen LogP contribution in [0.1, 0.15) is 38.6 Å². The zero-order valence-corrected chi connectivity index (χ0v) is 20.9. The Labute approximate surface area is 209 Å². The summed E-state index contributed by atoms with van der Waals surface area (Å²) in [7, 11) is 0. The van der Waals surface area contributed by atoms with E-state index in [0.717, 1.165) is 60.7 Å². The van der Waals surface area contributed by atoms with Crippen LogP contribution in [0.2, 0.25) is 0 Å². The summed E-state index contributed by atoms with van der Waals surface area (Å²) in [6, 6.07) is 14.2. The molecule has 0 spiro atoms. The Morgan fingerprint density at radius 3 is 2.42 bits per heavy atom. The van der Waals surface area contributed by atoms with Crippen LogP contribution in [-0.2, 0) is 17.8 Å². The number of fused-ring (bicyclic) bond motifs is 1. The molecular weight excluding hydrogens is 454 g/mol. The van der Waals surface area contributed by atoms with Gasteiger partial charge in [0.2, 0.25) is 0 Å². The molecule has 1 aliphatic rings. The molecule has 4 aromatic rings. The molecule has 0 atom stereocenters. The van der Waals surface area contributed by atoms with Crippen LogP contribution >= 0.6 is 0 Å². The third kappa shape index (κ3) is 4.69. The second-order valence-electron chi connectivity index (χ2n) is 9.53. The monoisotopic (exact) mass is 485 g/mol. The first-order valence-corrected chi connectivity index (χ1v) is 12.2. The van der Waals surface area contributed by atoms with E-state index in [9.17, 15) is 9.59 Å². The first kappa shape index (κ1) is 24.0. The summed E-state index contributed by atoms with van der Waals surface area (Å²) in [6.07, 6.45) is 0. The highest BCUT2D eigenvalue weighted by molar-refractivity contribution is 6.06. The van der Waals surface area contributed by atoms with Crippen LogP contribution in [0.15, 0.2) is 47.3 Å². The van der Waals surface area contributed by atoms with Gasteiger partial charge in [0.1, 0.15) is 11.3 Å². The number of aryl methyl sites for hydroxylation is 3. The number of nitrogens with zero attached hydrogens (tertiary/aromatic N) is 3. The maximum atomic E-state index is 12.7. The standard InChI is InChI=1S/C28H31N5O3/c1-17-12-18(2)30-28(35)24(17)16-33-19(3)31-26-23(27(29)34)13-22(14-25(26)33)21-6-4-20(5-7-21)15-32-8-10-36-11-9-32/h4-7,12-14H,8-11,15-16H2,1-3H3,(H2,29,34)(H,30,35). The number of pyridine rings is 1. The highest BCUT2D eigenvalue weighted by Crippen LogP contribution is 2.29. The molecule has 0 saturated carbocycles. The normalized spacial score (nSPS) is 14.4. The number of amides is 1. The molecule has 5 rings (SSSR count). The van der Waals surface area contributed by atoms with E-state index in [1.807, 2.05) is 43.5 Å². The van der Waals surface area contributed by atoms with E-state index in [1.54, 1.807) is 0 Å². The second kappa shape index (κ2) is 9.72. The van der Waals surface area contributed by atoms with Crippen molar-refractivity contribution in [3.05, 3.63) is 86.6 Å². The largest absolute Gasteiger partial charge is 0.379 e. The van der Waals surface area contributed by atoms with Gasteiger partial charge >= 0.3 is 0 Å². The van der Waals surface area contributed by atoms with Crippen LogP contribution in [0, 0.1) is 20.8 Å². The number of ether oxygens (including phenoxy) is 1. The number of morpholine rings is 1. The van der Waals surface area contributed by atoms with E-state index in [-0.39, 0.29) is 5.56 Å². The Kier molecular flexibility index (Phi) is 6.47. The van der Waals surface area contributed by atoms with Gasteiger partial charge in [-0.3, -0.25) is 14.5 Å². The summed E-state index contributed by atoms with van der Waals surface area (Å²) in [6.45, 7) is 10.3. The van der Waals surface area contributed by atoms with Crippen molar-refractivity contribution in [2.75, 3.05) is 26.3 Å². The third-order valence-corrected chi connectivity index (χ3v) is 6.92. The van der Waals surface area contributed by atoms with Gasteiger partial charge < -0.3 is 20.0 Å². The molecule has 3 heterocycles. The minimum Gasteiger partial charge on any atom is -0.379 e. The molecule has 36 heavy (non-hydrogen) atoms. The van der Waals surface area contributed by atoms with Gasteiger partial charge in [-0.2, -0.15) is 0 Å². The van der Waals surface area contributed by atoms with Crippen LogP contribution in [0.5, 0.6) is 0 Å². The molecule has 1 aliphatic heterocycles. The lowest BCUT2D eigenvalue weighted by molar-refractivity contribution is 0.0342. The summed E-state index contributed by atoms with van der Waals surface area (Å²) in [5.41, 5.74) is 12.9. The smallest absolute Gasteiger partial charge is 0.253 e. The maximum absolute atomic E-state index is 12.7. The van der Waals surface area contributed by atoms with Crippen molar-refractivity contribution in [2.24, 2.45) is 5.73 Å². The molecule has 0 unspecified atom stereocenters. The van der Waals surface area contributed by atoms with Gasteiger partial charge in [0, 0.05) is 30.9 Å². The van der Waals surface area contributed by atoms with Crippen LogP contribution in [0.4, 0.5) is 0 Å². The van der Waals surface area contributed by atoms with Crippen molar-refractivity contribution in [3.63, 3.8) is 0 Å². The van der Waals surface area contributed by atoms with E-state index in [1.165, 1.54) is 5.56 Å². The average molecular weight is 486 g/mol. The Morgan fingerprint density at radius 2 is 1.75 bits per heavy atom. The van der Waals surface area contributed by atoms with E-state index in [0.29, 0.717) is 29.0 Å². The molecule has 1 saturated heterocycles. The summed E-state index contributed by atoms with van der Waals surface area (Å²) in [5, 5.41) is 0. The van der Waals surface area contributed by atoms with Gasteiger partial charge in [-0.25, -0.2) is 4.98 Å². The van der Waals surface area contributed by atoms with Crippen LogP contribution in [0.3, 0.4) is 0 Å². The molecule has 1 fully saturated rings. The number of benzene rings is 2. The van der Waals surface area contributed by atoms with E-state index < -0.39 is 5.91 Å². The second-order valence-corrected chi connectivity index (χ2v) is 9.53. The van der Waals surface area contributed by atoms with Crippen LogP contribution < -0.4 is 11.3 Å². The van der Waals surface area contributed by atoms with Crippen LogP contribution in [0.25, 0.3) is 22.2 Å². The number of hydrogen-bond acceptors (Lipinski definition) is 5. The lowest BCUT2D eigenvalue weighted by Crippen LogP contribution is -2.35. The molecule has 3 N–H and O–H groups in total. The van der Waals surface area contributed by atoms with Gasteiger partial charge in [-0.05, 0) is 61.2 Å². The zero-order valence-electron chi connectivity index (χ0n) is 20.9. The Hall–Kier alpha value is -3.75. The summed E-state index contributed by atoms with van der Waals surface area (Å²) in [4.78, 5) is 35.0. The van der Waals surface area contributed by atoms with Crippen molar-refractivity contribution < 1.29 is 9.53 Å². The third-order valence-electron chi connectivity index (χ3n) is 6.92. The van der Waals surface area contributed by atoms with Crippen molar-refractivity contribution in [2.45, 2.75) is 33.9 Å². The average Bonchev–Trinajstić information content (AvgIpc) is 3.16. The SMILES string of the molecule is Cc1cc(C)c(Cn2c(C)nc3c(C(N)=O)cc(-c4ccc(CN5CCOCC5)cc4)cc32)c(=O)[nH]1. The number of hydrogen-bond donors (Lipinski definition) is 2. The van der Waals surface area contributed by atoms with Crippen molar-refractivity contribution in [1.82, 2.24) is 19.4 Å². The molecule has 0 radical (unpaired) electrons. The lowest BCUT2D eigenvalue weighted by atomic mass is 10.00. The Bertz CT molecular complexity index is 1490. The molecule has 0 aliphatic carbocycles. The Balaban J connectivity index is 1.54. The van der Waals surface area contributed by atoms with E-state index in [2.05, 4.69) is 39.1 Å². The number of H-pyrrole nitrogens is 1. The first-order chi connectivity index (χ1) is 17.3. The van der Waals surface area contributed by atoms with E-state index >= 15 is 0 Å². The number of nitrogens with two attached hydrogens (primary N) is 1. The fourth-order valence-electron chi connectivity index (χ4n) is 4.95. The topological polar surface area (TPSA) is 106 Å². The number of carbonyl (C=O) groups is 1. The molecule has 1 amide bonds. The summed E-state index contributed by atoms with van der Waals surface area (Å²) in [5.74, 6) is 0.185. The van der Waals surface area contributed by atoms with Crippen molar-refractivity contribution in [1.29, 1.82) is 0 Å². The number of carbonyl (C=O) groups excluding carboxylic acids is 1. The molecule has 2 aromatic carbocycles. The first-order valence-electron chi connectivity index (χ1n) is 12.2. The van der Waals surface area contributed by atoms with Gasteiger partial charge in [-0.15, -0.1) is 0 Å². The molecule has 8 heteroatoms. The van der Waals surface area contributed by atoms with Gasteiger partial charge in [0.15, 0.2) is 0 Å². The fourth-order valence-corrected chi connectivity index (χ4v) is 4.95. The fraction of sp³-hybridized carbons (Fsp3) is 0.321. The molecular formula is C28H31N5O3. The van der Waals surface area contributed by atoms with Crippen LogP contribution in [-0.4, -0.2) is 51.6 Å². The predicted octanol–water partition coefficient (Wildman–Crippen LogP) is 3.30. The highest BCUT2D eigenvalue weighted by Gasteiger charge is 2.19. The number of primary amides is 1. The summed E-state index contributed by atoms with van der Waals surface area (Å²) >= 11 is 0. The minimum absolute atomic E-state index is 0.115. The van der Waals surface area contributed by atoms with E-state index in [4.69, 9.17) is 10.5 Å². The summed E-state index contributed by atoms with van der Waals surface area (Å²) < 4.78 is 7.42. The Morgan fingerprint density at radius 1 is 1.03 bits per heavy atom. The molecule has 2 aromatic heterocycles. The number of imidazole rings is 1. The maximum Gasteiger partial charge on any atom is 0.253 e. The molecule has 8 nitrogen and oxygen atoms in total. The quantitative estimate of drug-likeness (QED) is 0.436. The van der Waals surface area contributed by atoms with Gasteiger partial charge in [0.25, 0.3) is 11.5 Å². The minimum atomic E-state index is -0.528. The molecule has 0 bridgehead atoms.